The highest BCUT2D eigenvalue weighted by molar-refractivity contribution is 5.55. The zero-order valence-corrected chi connectivity index (χ0v) is 24.4. The number of aromatic nitrogens is 3. The fraction of sp³-hybridized carbons (Fsp3) is 0.412. The lowest BCUT2D eigenvalue weighted by Crippen LogP contribution is -2.34. The van der Waals surface area contributed by atoms with Gasteiger partial charge in [-0.25, -0.2) is 0 Å². The Morgan fingerprint density at radius 3 is 1.65 bits per heavy atom. The topological polar surface area (TPSA) is 21.7 Å². The molecular weight excluding hydrogens is 450 g/mol. The third-order valence-corrected chi connectivity index (χ3v) is 7.19. The molecule has 0 atom stereocenters. The fourth-order valence-corrected chi connectivity index (χ4v) is 4.81. The van der Waals surface area contributed by atoms with Gasteiger partial charge in [0.15, 0.2) is 0 Å². The van der Waals surface area contributed by atoms with Crippen LogP contribution in [0.4, 0.5) is 0 Å². The Hall–Kier alpha value is -3.20. The second-order valence-corrected chi connectivity index (χ2v) is 13.0. The highest BCUT2D eigenvalue weighted by atomic mass is 15.4. The number of nitrogens with zero attached hydrogens (tertiary/aromatic N) is 3. The van der Waals surface area contributed by atoms with Gasteiger partial charge in [-0.2, -0.15) is 4.57 Å². The maximum atomic E-state index is 5.25. The summed E-state index contributed by atoms with van der Waals surface area (Å²) < 4.78 is 4.40. The second kappa shape index (κ2) is 9.93. The van der Waals surface area contributed by atoms with Crippen molar-refractivity contribution in [2.24, 2.45) is 0 Å². The van der Waals surface area contributed by atoms with Gasteiger partial charge in [-0.3, -0.25) is 0 Å². The first-order chi connectivity index (χ1) is 17.3. The minimum Gasteiger partial charge on any atom is -0.196 e. The molecule has 0 saturated carbocycles. The monoisotopic (exact) mass is 494 g/mol. The highest BCUT2D eigenvalue weighted by Gasteiger charge is 2.29. The fourth-order valence-electron chi connectivity index (χ4n) is 4.81. The van der Waals surface area contributed by atoms with Crippen molar-refractivity contribution in [1.29, 1.82) is 0 Å². The zero-order valence-electron chi connectivity index (χ0n) is 24.4. The summed E-state index contributed by atoms with van der Waals surface area (Å²) in [6, 6.07) is 24.3. The van der Waals surface area contributed by atoms with E-state index in [0.29, 0.717) is 11.8 Å². The average molecular weight is 495 g/mol. The van der Waals surface area contributed by atoms with Crippen molar-refractivity contribution in [2.75, 3.05) is 0 Å². The van der Waals surface area contributed by atoms with Gasteiger partial charge in [0.25, 0.3) is 0 Å². The molecule has 0 N–H and O–H groups in total. The lowest BCUT2D eigenvalue weighted by Gasteiger charge is -2.25. The SMILES string of the molecule is CC(C)c1cccc(C(C)C)c1-[n+]1cn(-c2cc(C(C)(C)C)cc(C(C)(C)C)c2)nc1-c1ccccc1. The van der Waals surface area contributed by atoms with Crippen LogP contribution in [0.25, 0.3) is 22.8 Å². The molecular formula is C34H44N3+. The molecule has 0 bridgehead atoms. The Balaban J connectivity index is 2.06. The van der Waals surface area contributed by atoms with Gasteiger partial charge in [-0.05, 0) is 69.2 Å². The van der Waals surface area contributed by atoms with Crippen LogP contribution in [0.1, 0.15) is 103 Å². The molecule has 3 aromatic carbocycles. The van der Waals surface area contributed by atoms with Crippen LogP contribution in [0, 0.1) is 0 Å². The first-order valence-corrected chi connectivity index (χ1v) is 13.6. The molecule has 0 aliphatic rings. The van der Waals surface area contributed by atoms with Crippen LogP contribution < -0.4 is 4.57 Å². The van der Waals surface area contributed by atoms with E-state index >= 15 is 0 Å². The zero-order chi connectivity index (χ0) is 27.1. The van der Waals surface area contributed by atoms with E-state index in [1.807, 2.05) is 0 Å². The van der Waals surface area contributed by atoms with Crippen molar-refractivity contribution in [3.63, 3.8) is 0 Å². The van der Waals surface area contributed by atoms with Gasteiger partial charge in [-0.1, -0.05) is 116 Å². The minimum atomic E-state index is 0.0381. The molecule has 0 aliphatic heterocycles. The van der Waals surface area contributed by atoms with Crippen LogP contribution >= 0.6 is 0 Å². The molecule has 1 heterocycles. The number of hydrogen-bond donors (Lipinski definition) is 0. The molecule has 4 rings (SSSR count). The Morgan fingerprint density at radius 2 is 1.19 bits per heavy atom. The van der Waals surface area contributed by atoms with Crippen LogP contribution in [0.2, 0.25) is 0 Å². The van der Waals surface area contributed by atoms with Crippen LogP contribution in [0.5, 0.6) is 0 Å². The Bertz CT molecular complexity index is 1320. The third kappa shape index (κ3) is 5.56. The van der Waals surface area contributed by atoms with E-state index in [1.165, 1.54) is 27.9 Å². The molecule has 1 aromatic heterocycles. The van der Waals surface area contributed by atoms with E-state index in [1.54, 1.807) is 0 Å². The maximum absolute atomic E-state index is 5.25. The Kier molecular flexibility index (Phi) is 7.21. The van der Waals surface area contributed by atoms with Gasteiger partial charge in [-0.15, -0.1) is 0 Å². The Morgan fingerprint density at radius 1 is 0.676 bits per heavy atom. The molecule has 0 unspecified atom stereocenters. The summed E-state index contributed by atoms with van der Waals surface area (Å²) in [5, 5.41) is 5.25. The molecule has 37 heavy (non-hydrogen) atoms. The van der Waals surface area contributed by atoms with Crippen molar-refractivity contribution < 1.29 is 4.57 Å². The van der Waals surface area contributed by atoms with E-state index in [0.717, 1.165) is 17.1 Å². The molecule has 3 heteroatoms. The molecule has 0 saturated heterocycles. The summed E-state index contributed by atoms with van der Waals surface area (Å²) in [5.41, 5.74) is 8.86. The quantitative estimate of drug-likeness (QED) is 0.254. The standard InChI is InChI=1S/C34H44N3/c1-23(2)29-17-14-18-30(24(3)4)31(29)36-22-37(35-32(36)25-15-12-11-13-16-25)28-20-26(33(5,6)7)19-27(21-28)34(8,9)10/h11-24H,1-10H3/q+1. The smallest absolute Gasteiger partial charge is 0.196 e. The van der Waals surface area contributed by atoms with Crippen molar-refractivity contribution in [3.05, 3.63) is 95.3 Å². The van der Waals surface area contributed by atoms with Gasteiger partial charge >= 0.3 is 5.82 Å². The highest BCUT2D eigenvalue weighted by Crippen LogP contribution is 2.33. The van der Waals surface area contributed by atoms with Gasteiger partial charge in [0, 0.05) is 0 Å². The van der Waals surface area contributed by atoms with E-state index in [-0.39, 0.29) is 10.8 Å². The minimum absolute atomic E-state index is 0.0381. The first kappa shape index (κ1) is 26.9. The van der Waals surface area contributed by atoms with Crippen molar-refractivity contribution >= 4 is 0 Å². The molecule has 0 aliphatic carbocycles. The normalized spacial score (nSPS) is 12.5. The van der Waals surface area contributed by atoms with Gasteiger partial charge in [0.2, 0.25) is 6.33 Å². The molecule has 0 amide bonds. The van der Waals surface area contributed by atoms with Crippen LogP contribution in [-0.4, -0.2) is 9.78 Å². The lowest BCUT2D eigenvalue weighted by molar-refractivity contribution is -0.585. The molecule has 194 valence electrons. The van der Waals surface area contributed by atoms with Gasteiger partial charge < -0.3 is 0 Å². The summed E-state index contributed by atoms with van der Waals surface area (Å²) in [4.78, 5) is 0. The van der Waals surface area contributed by atoms with Crippen molar-refractivity contribution in [1.82, 2.24) is 9.78 Å². The number of benzene rings is 3. The second-order valence-electron chi connectivity index (χ2n) is 13.0. The van der Waals surface area contributed by atoms with Gasteiger partial charge in [0.1, 0.15) is 11.4 Å². The van der Waals surface area contributed by atoms with Crippen LogP contribution in [-0.2, 0) is 10.8 Å². The Labute approximate surface area is 224 Å². The number of hydrogen-bond acceptors (Lipinski definition) is 1. The number of rotatable bonds is 5. The van der Waals surface area contributed by atoms with Crippen molar-refractivity contribution in [3.8, 4) is 22.8 Å². The van der Waals surface area contributed by atoms with E-state index < -0.39 is 0 Å². The summed E-state index contributed by atoms with van der Waals surface area (Å²) in [6.07, 6.45) is 2.18. The number of para-hydroxylation sites is 1. The predicted molar refractivity (Wildman–Crippen MR) is 156 cm³/mol. The van der Waals surface area contributed by atoms with Crippen LogP contribution in [0.3, 0.4) is 0 Å². The maximum Gasteiger partial charge on any atom is 0.314 e. The van der Waals surface area contributed by atoms with Gasteiger partial charge in [0.05, 0.1) is 10.7 Å². The molecule has 0 fully saturated rings. The summed E-state index contributed by atoms with van der Waals surface area (Å²) >= 11 is 0. The molecule has 3 nitrogen and oxygen atoms in total. The summed E-state index contributed by atoms with van der Waals surface area (Å²) in [6.45, 7) is 22.8. The lowest BCUT2D eigenvalue weighted by atomic mass is 9.80. The molecule has 0 spiro atoms. The van der Waals surface area contributed by atoms with E-state index in [9.17, 15) is 0 Å². The summed E-state index contributed by atoms with van der Waals surface area (Å²) in [7, 11) is 0. The largest absolute Gasteiger partial charge is 0.314 e. The third-order valence-electron chi connectivity index (χ3n) is 7.19. The average Bonchev–Trinajstić information content (AvgIpc) is 3.28. The predicted octanol–water partition coefficient (Wildman–Crippen LogP) is 8.66. The summed E-state index contributed by atoms with van der Waals surface area (Å²) in [5.74, 6) is 1.74. The van der Waals surface area contributed by atoms with E-state index in [2.05, 4.69) is 152 Å². The first-order valence-electron chi connectivity index (χ1n) is 13.6. The molecule has 0 radical (unpaired) electrons. The van der Waals surface area contributed by atoms with Crippen molar-refractivity contribution in [2.45, 2.75) is 91.9 Å². The molecule has 4 aromatic rings. The van der Waals surface area contributed by atoms with E-state index in [4.69, 9.17) is 5.10 Å². The van der Waals surface area contributed by atoms with Crippen LogP contribution in [0.15, 0.2) is 73.1 Å².